The van der Waals surface area contributed by atoms with Crippen molar-refractivity contribution in [2.24, 2.45) is 0 Å². The predicted molar refractivity (Wildman–Crippen MR) is 114 cm³/mol. The maximum Gasteiger partial charge on any atom is 0.339 e. The summed E-state index contributed by atoms with van der Waals surface area (Å²) in [6.45, 7) is 8.93. The molecule has 0 heterocycles. The first-order valence-corrected chi connectivity index (χ1v) is 11.8. The van der Waals surface area contributed by atoms with Crippen molar-refractivity contribution < 1.29 is 31.5 Å². The van der Waals surface area contributed by atoms with E-state index in [1.165, 1.54) is 17.2 Å². The van der Waals surface area contributed by atoms with E-state index in [1.807, 2.05) is 6.92 Å². The number of allylic oxidation sites excluding steroid dienone is 5. The average Bonchev–Trinajstić information content (AvgIpc) is 2.66. The molecule has 0 saturated carbocycles. The van der Waals surface area contributed by atoms with Crippen LogP contribution in [-0.4, -0.2) is 31.9 Å². The molecule has 0 aliphatic heterocycles. The van der Waals surface area contributed by atoms with Gasteiger partial charge in [0.1, 0.15) is 5.66 Å². The van der Waals surface area contributed by atoms with Crippen LogP contribution in [0.25, 0.3) is 0 Å². The number of halogens is 2. The Bertz CT molecular complexity index is 647. The number of hydrogen-bond acceptors (Lipinski definition) is 5. The van der Waals surface area contributed by atoms with E-state index in [-0.39, 0.29) is 0 Å². The summed E-state index contributed by atoms with van der Waals surface area (Å²) < 4.78 is 67.1. The molecule has 0 bridgehead atoms. The highest BCUT2D eigenvalue weighted by molar-refractivity contribution is 7.54. The second-order valence-corrected chi connectivity index (χ2v) is 10.2. The van der Waals surface area contributed by atoms with Gasteiger partial charge in [-0.2, -0.15) is 0 Å². The fraction of sp³-hybridized carbons (Fsp3) is 0.700. The summed E-state index contributed by atoms with van der Waals surface area (Å²) in [6, 6.07) is 0. The zero-order valence-electron chi connectivity index (χ0n) is 18.4. The first-order valence-electron chi connectivity index (χ1n) is 9.48. The fourth-order valence-electron chi connectivity index (χ4n) is 2.68. The number of rotatable bonds is 14. The van der Waals surface area contributed by atoms with Gasteiger partial charge in [-0.15, -0.1) is 0 Å². The zero-order chi connectivity index (χ0) is 22.7. The van der Waals surface area contributed by atoms with Gasteiger partial charge in [-0.1, -0.05) is 28.9 Å². The van der Waals surface area contributed by atoms with Gasteiger partial charge in [0.25, 0.3) is 5.92 Å². The van der Waals surface area contributed by atoms with Crippen molar-refractivity contribution in [3.8, 4) is 0 Å². The Morgan fingerprint density at radius 3 is 2.03 bits per heavy atom. The molecule has 9 heteroatoms. The Morgan fingerprint density at radius 2 is 1.55 bits per heavy atom. The second-order valence-electron chi connectivity index (χ2n) is 7.28. The quantitative estimate of drug-likeness (QED) is 0.201. The lowest BCUT2D eigenvalue weighted by Crippen LogP contribution is -2.43. The van der Waals surface area contributed by atoms with Crippen LogP contribution in [-0.2, 0) is 22.7 Å². The van der Waals surface area contributed by atoms with Crippen LogP contribution >= 0.6 is 16.3 Å². The SMILES string of the molecule is COP(=O)(OC)C(C)C(F)(F)C(C=C(C)CCC=C(C)CCC=C(C)C)OP=O. The van der Waals surface area contributed by atoms with Crippen LogP contribution in [0.2, 0.25) is 0 Å². The van der Waals surface area contributed by atoms with Gasteiger partial charge in [-0.25, -0.2) is 13.3 Å². The van der Waals surface area contributed by atoms with Crippen molar-refractivity contribution in [3.63, 3.8) is 0 Å². The largest absolute Gasteiger partial charge is 0.339 e. The van der Waals surface area contributed by atoms with E-state index in [1.54, 1.807) is 6.92 Å². The Hall–Kier alpha value is -0.710. The van der Waals surface area contributed by atoms with Crippen molar-refractivity contribution >= 4 is 16.3 Å². The molecule has 168 valence electrons. The zero-order valence-corrected chi connectivity index (χ0v) is 20.2. The third kappa shape index (κ3) is 9.76. The van der Waals surface area contributed by atoms with Crippen LogP contribution in [0, 0.1) is 0 Å². The molecule has 29 heavy (non-hydrogen) atoms. The van der Waals surface area contributed by atoms with Gasteiger partial charge in [0.05, 0.1) is 0 Å². The van der Waals surface area contributed by atoms with Crippen LogP contribution in [0.1, 0.15) is 60.3 Å². The smallest absolute Gasteiger partial charge is 0.312 e. The van der Waals surface area contributed by atoms with Crippen molar-refractivity contribution in [3.05, 3.63) is 34.9 Å². The van der Waals surface area contributed by atoms with Crippen molar-refractivity contribution in [2.45, 2.75) is 78.0 Å². The molecule has 0 aliphatic rings. The molecule has 0 aliphatic carbocycles. The van der Waals surface area contributed by atoms with Gasteiger partial charge < -0.3 is 9.05 Å². The molecule has 0 amide bonds. The molecule has 0 spiro atoms. The maximum atomic E-state index is 14.9. The highest BCUT2D eigenvalue weighted by Gasteiger charge is 2.54. The number of hydrogen-bond donors (Lipinski definition) is 0. The van der Waals surface area contributed by atoms with Gasteiger partial charge in [-0.05, 0) is 66.4 Å². The Labute approximate surface area is 175 Å². The summed E-state index contributed by atoms with van der Waals surface area (Å²) in [4.78, 5) is 0. The molecule has 0 saturated heterocycles. The van der Waals surface area contributed by atoms with E-state index in [4.69, 9.17) is 13.6 Å². The molecule has 0 aromatic carbocycles. The molecular weight excluding hydrogens is 420 g/mol. The van der Waals surface area contributed by atoms with Crippen molar-refractivity contribution in [1.29, 1.82) is 0 Å². The minimum Gasteiger partial charge on any atom is -0.312 e. The first kappa shape index (κ1) is 28.3. The molecule has 0 aromatic heterocycles. The van der Waals surface area contributed by atoms with E-state index < -0.39 is 34.0 Å². The minimum atomic E-state index is -4.05. The summed E-state index contributed by atoms with van der Waals surface area (Å²) in [6.07, 6.45) is 6.83. The lowest BCUT2D eigenvalue weighted by Gasteiger charge is -2.31. The normalized spacial score (nSPS) is 16.0. The van der Waals surface area contributed by atoms with Crippen LogP contribution in [0.15, 0.2) is 34.9 Å². The first-order chi connectivity index (χ1) is 13.4. The van der Waals surface area contributed by atoms with Crippen LogP contribution in [0.5, 0.6) is 0 Å². The second kappa shape index (κ2) is 13.6. The van der Waals surface area contributed by atoms with E-state index in [2.05, 4.69) is 26.0 Å². The molecule has 2 atom stereocenters. The van der Waals surface area contributed by atoms with Gasteiger partial charge in [0.15, 0.2) is 6.10 Å². The molecular formula is C20H34F2O5P2. The third-order valence-electron chi connectivity index (χ3n) is 4.63. The molecule has 0 aromatic rings. The average molecular weight is 454 g/mol. The molecule has 0 rings (SSSR count). The summed E-state index contributed by atoms with van der Waals surface area (Å²) in [5, 5.41) is 0. The summed E-state index contributed by atoms with van der Waals surface area (Å²) in [7, 11) is -2.84. The standard InChI is InChI=1S/C20H34F2O5P2/c1-15(2)10-8-11-16(3)12-9-13-17(4)14-19(27-28-23)20(21,22)18(5)29(24,25-6)26-7/h10,12,14,18-19H,8-9,11,13H2,1-7H3. The topological polar surface area (TPSA) is 61.8 Å². The molecule has 2 unspecified atom stereocenters. The van der Waals surface area contributed by atoms with Gasteiger partial charge >= 0.3 is 16.3 Å². The fourth-order valence-corrected chi connectivity index (χ4v) is 4.32. The summed E-state index contributed by atoms with van der Waals surface area (Å²) in [5.41, 5.74) is 1.39. The number of alkyl halides is 2. The van der Waals surface area contributed by atoms with E-state index >= 15 is 0 Å². The van der Waals surface area contributed by atoms with Gasteiger partial charge in [0.2, 0.25) is 0 Å². The molecule has 5 nitrogen and oxygen atoms in total. The van der Waals surface area contributed by atoms with Gasteiger partial charge in [-0.3, -0.25) is 9.09 Å². The molecule has 0 N–H and O–H groups in total. The third-order valence-corrected chi connectivity index (χ3v) is 7.26. The summed E-state index contributed by atoms with van der Waals surface area (Å²) >= 11 is 0. The van der Waals surface area contributed by atoms with Crippen LogP contribution < -0.4 is 0 Å². The Morgan fingerprint density at radius 1 is 1.03 bits per heavy atom. The van der Waals surface area contributed by atoms with Crippen LogP contribution in [0.4, 0.5) is 8.78 Å². The molecule has 0 fully saturated rings. The highest BCUT2D eigenvalue weighted by Crippen LogP contribution is 2.57. The maximum absolute atomic E-state index is 14.9. The lowest BCUT2D eigenvalue weighted by atomic mass is 10.0. The molecule has 0 radical (unpaired) electrons. The van der Waals surface area contributed by atoms with E-state index in [9.17, 15) is 17.9 Å². The van der Waals surface area contributed by atoms with Crippen molar-refractivity contribution in [2.75, 3.05) is 14.2 Å². The van der Waals surface area contributed by atoms with Gasteiger partial charge in [0, 0.05) is 14.2 Å². The Kier molecular flexibility index (Phi) is 13.2. The summed E-state index contributed by atoms with van der Waals surface area (Å²) in [5.74, 6) is -3.61. The predicted octanol–water partition coefficient (Wildman–Crippen LogP) is 7.51. The minimum absolute atomic E-state index is 0.548. The lowest BCUT2D eigenvalue weighted by molar-refractivity contribution is -0.0759. The van der Waals surface area contributed by atoms with E-state index in [0.717, 1.165) is 34.0 Å². The van der Waals surface area contributed by atoms with E-state index in [0.29, 0.717) is 18.4 Å². The monoisotopic (exact) mass is 454 g/mol. The van der Waals surface area contributed by atoms with Crippen molar-refractivity contribution in [1.82, 2.24) is 0 Å². The Balaban J connectivity index is 5.20. The highest BCUT2D eigenvalue weighted by atomic mass is 31.2. The van der Waals surface area contributed by atoms with Crippen LogP contribution in [0.3, 0.4) is 0 Å².